The number of piperidine rings is 1. The van der Waals surface area contributed by atoms with Crippen LogP contribution in [0.5, 0.6) is 5.75 Å². The smallest absolute Gasteiger partial charge is 0.433 e. The summed E-state index contributed by atoms with van der Waals surface area (Å²) in [6, 6.07) is 2.40. The summed E-state index contributed by atoms with van der Waals surface area (Å²) in [6.45, 7) is 0.917. The zero-order valence-corrected chi connectivity index (χ0v) is 18.2. The van der Waals surface area contributed by atoms with Gasteiger partial charge < -0.3 is 9.64 Å². The van der Waals surface area contributed by atoms with Gasteiger partial charge in [0, 0.05) is 25.4 Å². The van der Waals surface area contributed by atoms with Gasteiger partial charge in [0.05, 0.1) is 18.5 Å². The van der Waals surface area contributed by atoms with Gasteiger partial charge in [0.2, 0.25) is 0 Å². The molecule has 1 saturated carbocycles. The number of fused-ring (bicyclic) bond motifs is 1. The Bertz CT molecular complexity index is 1160. The summed E-state index contributed by atoms with van der Waals surface area (Å²) in [7, 11) is 0. The van der Waals surface area contributed by atoms with Crippen molar-refractivity contribution in [2.75, 3.05) is 18.0 Å². The second-order valence-corrected chi connectivity index (χ2v) is 9.00. The van der Waals surface area contributed by atoms with Crippen molar-refractivity contribution >= 4 is 17.0 Å². The molecule has 1 aliphatic heterocycles. The molecule has 0 amide bonds. The summed E-state index contributed by atoms with van der Waals surface area (Å²) in [5.74, 6) is 0.812. The Hall–Kier alpha value is -3.05. The number of aromatic nitrogens is 5. The van der Waals surface area contributed by atoms with Crippen molar-refractivity contribution in [2.24, 2.45) is 5.41 Å². The number of nitrogens with zero attached hydrogens (tertiary/aromatic N) is 6. The van der Waals surface area contributed by atoms with Crippen LogP contribution in [0.15, 0.2) is 30.7 Å². The second kappa shape index (κ2) is 8.62. The molecule has 4 heterocycles. The Morgan fingerprint density at radius 1 is 1.12 bits per heavy atom. The van der Waals surface area contributed by atoms with Gasteiger partial charge in [0.15, 0.2) is 5.65 Å². The van der Waals surface area contributed by atoms with Gasteiger partial charge in [0.25, 0.3) is 6.43 Å². The zero-order valence-electron chi connectivity index (χ0n) is 18.2. The maximum atomic E-state index is 12.9. The Morgan fingerprint density at radius 3 is 2.65 bits per heavy atom. The van der Waals surface area contributed by atoms with E-state index >= 15 is 0 Å². The standard InChI is InChI=1S/C22H23F5N6O/c23-18(24)13-33-20-16(11-30-33)29-12-19(31-20)32-7-4-21(5-8-32)3-1-15(10-21)34-14-2-6-28-17(9-14)22(25,26)27/h2,6,9,11-12,15,18H,1,3-5,7-8,10,13H2. The van der Waals surface area contributed by atoms with E-state index in [1.165, 1.54) is 16.9 Å². The van der Waals surface area contributed by atoms with Crippen molar-refractivity contribution in [1.82, 2.24) is 24.7 Å². The van der Waals surface area contributed by atoms with E-state index in [9.17, 15) is 22.0 Å². The number of ether oxygens (including phenoxy) is 1. The van der Waals surface area contributed by atoms with E-state index < -0.39 is 24.8 Å². The molecule has 3 aromatic rings. The van der Waals surface area contributed by atoms with Crippen LogP contribution >= 0.6 is 0 Å². The minimum Gasteiger partial charge on any atom is -0.490 e. The minimum atomic E-state index is -4.51. The molecule has 7 nitrogen and oxygen atoms in total. The summed E-state index contributed by atoms with van der Waals surface area (Å²) in [5, 5.41) is 3.95. The van der Waals surface area contributed by atoms with Crippen LogP contribution in [0, 0.1) is 5.41 Å². The molecule has 1 atom stereocenters. The number of anilines is 1. The van der Waals surface area contributed by atoms with Crippen LogP contribution in [-0.4, -0.2) is 50.4 Å². The van der Waals surface area contributed by atoms with Crippen LogP contribution < -0.4 is 9.64 Å². The first-order valence-electron chi connectivity index (χ1n) is 11.1. The molecule has 0 N–H and O–H groups in total. The molecule has 182 valence electrons. The molecule has 0 aromatic carbocycles. The Morgan fingerprint density at radius 2 is 1.91 bits per heavy atom. The third kappa shape index (κ3) is 4.62. The van der Waals surface area contributed by atoms with Crippen molar-refractivity contribution in [3.8, 4) is 5.75 Å². The number of hydrogen-bond donors (Lipinski definition) is 0. The van der Waals surface area contributed by atoms with Crippen molar-refractivity contribution in [3.05, 3.63) is 36.4 Å². The quantitative estimate of drug-likeness (QED) is 0.490. The lowest BCUT2D eigenvalue weighted by molar-refractivity contribution is -0.141. The fourth-order valence-corrected chi connectivity index (χ4v) is 5.01. The average molecular weight is 482 g/mol. The first-order valence-corrected chi connectivity index (χ1v) is 11.1. The zero-order chi connectivity index (χ0) is 23.9. The van der Waals surface area contributed by atoms with Crippen LogP contribution in [0.1, 0.15) is 37.8 Å². The Labute approximate surface area is 192 Å². The normalized spacial score (nSPS) is 20.5. The Kier molecular flexibility index (Phi) is 5.76. The average Bonchev–Trinajstić information content (AvgIpc) is 3.37. The molecule has 1 saturated heterocycles. The first-order chi connectivity index (χ1) is 16.2. The fraction of sp³-hybridized carbons (Fsp3) is 0.545. The van der Waals surface area contributed by atoms with E-state index in [2.05, 4.69) is 25.0 Å². The molecule has 34 heavy (non-hydrogen) atoms. The highest BCUT2D eigenvalue weighted by Crippen LogP contribution is 2.48. The van der Waals surface area contributed by atoms with Crippen molar-refractivity contribution < 1.29 is 26.7 Å². The summed E-state index contributed by atoms with van der Waals surface area (Å²) in [6.07, 6.45) is 1.25. The predicted octanol–water partition coefficient (Wildman–Crippen LogP) is 4.72. The predicted molar refractivity (Wildman–Crippen MR) is 113 cm³/mol. The molecule has 3 aromatic heterocycles. The number of halogens is 5. The molecule has 5 rings (SSSR count). The van der Waals surface area contributed by atoms with Gasteiger partial charge in [-0.3, -0.25) is 4.98 Å². The topological polar surface area (TPSA) is 69.0 Å². The lowest BCUT2D eigenvalue weighted by Crippen LogP contribution is -2.40. The van der Waals surface area contributed by atoms with Gasteiger partial charge in [-0.25, -0.2) is 23.4 Å². The van der Waals surface area contributed by atoms with E-state index in [1.54, 1.807) is 6.20 Å². The highest BCUT2D eigenvalue weighted by atomic mass is 19.4. The highest BCUT2D eigenvalue weighted by Gasteiger charge is 2.43. The van der Waals surface area contributed by atoms with Crippen molar-refractivity contribution in [3.63, 3.8) is 0 Å². The summed E-state index contributed by atoms with van der Waals surface area (Å²) in [4.78, 5) is 14.3. The van der Waals surface area contributed by atoms with Gasteiger partial charge in [-0.1, -0.05) is 0 Å². The molecule has 2 aliphatic rings. The maximum absolute atomic E-state index is 12.9. The molecule has 1 unspecified atom stereocenters. The van der Waals surface area contributed by atoms with Crippen LogP contribution in [-0.2, 0) is 12.7 Å². The van der Waals surface area contributed by atoms with Crippen LogP contribution in [0.4, 0.5) is 27.8 Å². The Balaban J connectivity index is 1.22. The number of rotatable bonds is 5. The summed E-state index contributed by atoms with van der Waals surface area (Å²) >= 11 is 0. The number of pyridine rings is 1. The molecular formula is C22H23F5N6O. The van der Waals surface area contributed by atoms with Crippen molar-refractivity contribution in [1.29, 1.82) is 0 Å². The lowest BCUT2D eigenvalue weighted by atomic mass is 9.77. The minimum absolute atomic E-state index is 0.0655. The SMILES string of the molecule is FC(F)Cn1ncc2ncc(N3CCC4(CCC(Oc5ccnc(C(F)(F)F)c5)C4)CC3)nc21. The highest BCUT2D eigenvalue weighted by molar-refractivity contribution is 5.71. The van der Waals surface area contributed by atoms with Crippen LogP contribution in [0.25, 0.3) is 11.2 Å². The van der Waals surface area contributed by atoms with E-state index in [0.717, 1.165) is 57.5 Å². The second-order valence-electron chi connectivity index (χ2n) is 9.00. The van der Waals surface area contributed by atoms with Gasteiger partial charge in [-0.2, -0.15) is 18.3 Å². The molecular weight excluding hydrogens is 459 g/mol. The molecule has 0 radical (unpaired) electrons. The largest absolute Gasteiger partial charge is 0.490 e. The van der Waals surface area contributed by atoms with E-state index in [4.69, 9.17) is 4.74 Å². The van der Waals surface area contributed by atoms with Gasteiger partial charge in [-0.15, -0.1) is 0 Å². The molecule has 1 aliphatic carbocycles. The first kappa shape index (κ1) is 22.7. The lowest BCUT2D eigenvalue weighted by Gasteiger charge is -2.39. The third-order valence-corrected chi connectivity index (χ3v) is 6.77. The van der Waals surface area contributed by atoms with E-state index in [0.29, 0.717) is 17.0 Å². The monoisotopic (exact) mass is 482 g/mol. The molecule has 12 heteroatoms. The van der Waals surface area contributed by atoms with Gasteiger partial charge in [0.1, 0.15) is 29.3 Å². The van der Waals surface area contributed by atoms with Crippen LogP contribution in [0.2, 0.25) is 0 Å². The maximum Gasteiger partial charge on any atom is 0.433 e. The fourth-order valence-electron chi connectivity index (χ4n) is 5.01. The summed E-state index contributed by atoms with van der Waals surface area (Å²) in [5.41, 5.74) is -0.0869. The molecule has 0 bridgehead atoms. The van der Waals surface area contributed by atoms with Gasteiger partial charge >= 0.3 is 6.18 Å². The van der Waals surface area contributed by atoms with Crippen LogP contribution in [0.3, 0.4) is 0 Å². The molecule has 2 fully saturated rings. The molecule has 1 spiro atoms. The van der Waals surface area contributed by atoms with Crippen molar-refractivity contribution in [2.45, 2.75) is 57.4 Å². The number of hydrogen-bond acceptors (Lipinski definition) is 6. The van der Waals surface area contributed by atoms with E-state index in [1.807, 2.05) is 0 Å². The van der Waals surface area contributed by atoms with E-state index in [-0.39, 0.29) is 17.3 Å². The van der Waals surface area contributed by atoms with Gasteiger partial charge in [-0.05, 0) is 43.6 Å². The number of alkyl halides is 5. The summed E-state index contributed by atoms with van der Waals surface area (Å²) < 4.78 is 71.4. The third-order valence-electron chi connectivity index (χ3n) is 6.77.